The highest BCUT2D eigenvalue weighted by Crippen LogP contribution is 2.61. The first kappa shape index (κ1) is 31.9. The average molecular weight is 669 g/mol. The number of aromatic nitrogens is 6. The van der Waals surface area contributed by atoms with E-state index in [1.54, 1.807) is 0 Å². The third-order valence-corrected chi connectivity index (χ3v) is 9.99. The highest BCUT2D eigenvalue weighted by Gasteiger charge is 2.47. The van der Waals surface area contributed by atoms with Crippen molar-refractivity contribution in [3.63, 3.8) is 0 Å². The Labute approximate surface area is 243 Å². The number of nitrogens with zero attached hydrogens (tertiary/aromatic N) is 5. The van der Waals surface area contributed by atoms with Crippen LogP contribution in [0, 0.1) is 0 Å². The van der Waals surface area contributed by atoms with E-state index < -0.39 is 88.1 Å². The van der Waals surface area contributed by atoms with Crippen LogP contribution in [0.5, 0.6) is 0 Å². The number of nitrogens with two attached hydrogens (primary N) is 1. The second-order valence-corrected chi connectivity index (χ2v) is 13.7. The summed E-state index contributed by atoms with van der Waals surface area (Å²) in [5, 5.41) is 41.5. The predicted molar refractivity (Wildman–Crippen MR) is 142 cm³/mol. The molecule has 43 heavy (non-hydrogen) atoms. The van der Waals surface area contributed by atoms with Crippen molar-refractivity contribution >= 4 is 43.3 Å². The quantitative estimate of drug-likeness (QED) is 0.0974. The summed E-state index contributed by atoms with van der Waals surface area (Å²) in [5.41, 5.74) is 4.49. The number of anilines is 1. The van der Waals surface area contributed by atoms with Crippen molar-refractivity contribution in [2.45, 2.75) is 49.1 Å². The number of imidazole rings is 1. The molecule has 0 radical (unpaired) electrons. The summed E-state index contributed by atoms with van der Waals surface area (Å²) in [5.74, 6) is 0.0613. The van der Waals surface area contributed by atoms with Crippen LogP contribution < -0.4 is 17.0 Å². The molecule has 0 bridgehead atoms. The maximum atomic E-state index is 12.5. The molecule has 9 N–H and O–H groups in total. The van der Waals surface area contributed by atoms with Crippen LogP contribution in [-0.4, -0.2) is 109 Å². The van der Waals surface area contributed by atoms with E-state index >= 15 is 0 Å². The molecule has 5 rings (SSSR count). The molecule has 5 heterocycles. The van der Waals surface area contributed by atoms with Gasteiger partial charge in [-0.05, 0) is 11.8 Å². The third-order valence-electron chi connectivity index (χ3n) is 6.47. The molecule has 0 saturated carbocycles. The zero-order valence-corrected chi connectivity index (χ0v) is 24.0. The van der Waals surface area contributed by atoms with E-state index in [-0.39, 0.29) is 17.0 Å². The number of H-pyrrole nitrogens is 1. The van der Waals surface area contributed by atoms with E-state index in [0.717, 1.165) is 23.2 Å². The van der Waals surface area contributed by atoms with Gasteiger partial charge in [0.25, 0.3) is 5.56 Å². The van der Waals surface area contributed by atoms with Crippen molar-refractivity contribution in [1.29, 1.82) is 0 Å². The third kappa shape index (κ3) is 6.62. The van der Waals surface area contributed by atoms with Gasteiger partial charge in [0.2, 0.25) is 0 Å². The van der Waals surface area contributed by atoms with Crippen molar-refractivity contribution in [3.05, 3.63) is 45.8 Å². The molecule has 2 saturated heterocycles. The summed E-state index contributed by atoms with van der Waals surface area (Å²) in [6, 6.07) is 0.981. The Bertz CT molecular complexity index is 1700. The van der Waals surface area contributed by atoms with Gasteiger partial charge in [-0.15, -0.1) is 0 Å². The summed E-state index contributed by atoms with van der Waals surface area (Å²) in [7, 11) is -5.19. The van der Waals surface area contributed by atoms with Crippen LogP contribution in [-0.2, 0) is 39.2 Å². The molecule has 21 nitrogen and oxygen atoms in total. The molecule has 24 heteroatoms. The van der Waals surface area contributed by atoms with Crippen LogP contribution >= 0.6 is 14.5 Å². The fourth-order valence-corrected chi connectivity index (χ4v) is 7.42. The molecule has 0 aliphatic carbocycles. The highest BCUT2D eigenvalue weighted by atomic mass is 32.5. The minimum Gasteiger partial charge on any atom is -0.387 e. The number of hydrogen-bond acceptors (Lipinski definition) is 17. The Kier molecular flexibility index (Phi) is 8.97. The molecule has 2 aliphatic rings. The fourth-order valence-electron chi connectivity index (χ4n) is 4.39. The van der Waals surface area contributed by atoms with Crippen LogP contribution in [0.15, 0.2) is 34.5 Å². The van der Waals surface area contributed by atoms with E-state index in [0.29, 0.717) is 0 Å². The number of nitrogens with one attached hydrogen (secondary N) is 1. The molecular weight excluding hydrogens is 644 g/mol. The van der Waals surface area contributed by atoms with Gasteiger partial charge in [0.1, 0.15) is 48.5 Å². The number of fused-ring (bicyclic) bond motifs is 1. The molecule has 3 aromatic heterocycles. The molecule has 2 fully saturated rings. The normalized spacial score (nSPS) is 32.1. The molecule has 2 aliphatic heterocycles. The lowest BCUT2D eigenvalue weighted by molar-refractivity contribution is -0.0539. The van der Waals surface area contributed by atoms with Gasteiger partial charge in [-0.1, -0.05) is 0 Å². The minimum atomic E-state index is -5.19. The zero-order chi connectivity index (χ0) is 31.3. The first-order valence-corrected chi connectivity index (χ1v) is 16.2. The van der Waals surface area contributed by atoms with Gasteiger partial charge in [0.05, 0.1) is 19.5 Å². The van der Waals surface area contributed by atoms with Crippen LogP contribution in [0.4, 0.5) is 5.82 Å². The number of aliphatic hydroxyl groups excluding tert-OH is 4. The molecule has 3 aromatic rings. The molecule has 0 aromatic carbocycles. The minimum absolute atomic E-state index is 0.0613. The van der Waals surface area contributed by atoms with Gasteiger partial charge >= 0.3 is 20.2 Å². The lowest BCUT2D eigenvalue weighted by Gasteiger charge is -2.22. The highest BCUT2D eigenvalue weighted by molar-refractivity contribution is 8.08. The summed E-state index contributed by atoms with van der Waals surface area (Å²) < 4.78 is 39.9. The maximum absolute atomic E-state index is 12.5. The van der Waals surface area contributed by atoms with E-state index in [1.807, 2.05) is 4.98 Å². The largest absolute Gasteiger partial charge is 0.479 e. The Hall–Kier alpha value is -2.53. The predicted octanol–water partition coefficient (Wildman–Crippen LogP) is -3.44. The van der Waals surface area contributed by atoms with Crippen LogP contribution in [0.2, 0.25) is 0 Å². The molecule has 0 amide bonds. The number of phosphoric acid groups is 1. The summed E-state index contributed by atoms with van der Waals surface area (Å²) in [4.78, 5) is 57.5. The molecule has 0 spiro atoms. The lowest BCUT2D eigenvalue weighted by Crippen LogP contribution is -2.37. The van der Waals surface area contributed by atoms with Crippen molar-refractivity contribution in [2.75, 3.05) is 18.9 Å². The van der Waals surface area contributed by atoms with E-state index in [2.05, 4.69) is 19.3 Å². The number of nitrogen functional groups attached to an aromatic ring is 1. The first-order valence-electron chi connectivity index (χ1n) is 12.1. The summed E-state index contributed by atoms with van der Waals surface area (Å²) in [6.07, 6.45) is -8.61. The van der Waals surface area contributed by atoms with Gasteiger partial charge in [0, 0.05) is 12.3 Å². The Morgan fingerprint density at radius 3 is 2.19 bits per heavy atom. The second-order valence-electron chi connectivity index (χ2n) is 9.30. The van der Waals surface area contributed by atoms with Crippen LogP contribution in [0.1, 0.15) is 12.5 Å². The lowest BCUT2D eigenvalue weighted by atomic mass is 10.1. The number of rotatable bonds is 10. The number of phosphoric ester groups is 1. The monoisotopic (exact) mass is 669 g/mol. The van der Waals surface area contributed by atoms with Crippen molar-refractivity contribution < 1.29 is 57.6 Å². The number of ether oxygens (including phenoxy) is 2. The smallest absolute Gasteiger partial charge is 0.387 e. The second kappa shape index (κ2) is 12.1. The van der Waals surface area contributed by atoms with Gasteiger partial charge in [-0.3, -0.25) is 23.4 Å². The van der Waals surface area contributed by atoms with Crippen LogP contribution in [0.25, 0.3) is 11.2 Å². The fraction of sp³-hybridized carbons (Fsp3) is 0.526. The Morgan fingerprint density at radius 2 is 1.56 bits per heavy atom. The van der Waals surface area contributed by atoms with Crippen molar-refractivity contribution in [1.82, 2.24) is 29.1 Å². The van der Waals surface area contributed by atoms with Gasteiger partial charge in [-0.2, -0.15) is 0 Å². The maximum Gasteiger partial charge on any atom is 0.479 e. The molecule has 236 valence electrons. The topological polar surface area (TPSA) is 309 Å². The average Bonchev–Trinajstić information content (AvgIpc) is 3.57. The Morgan fingerprint density at radius 1 is 0.953 bits per heavy atom. The molecule has 10 atom stereocenters. The van der Waals surface area contributed by atoms with Gasteiger partial charge in [-0.25, -0.2) is 28.6 Å². The summed E-state index contributed by atoms with van der Waals surface area (Å²) >= 11 is 4.73. The first-order chi connectivity index (χ1) is 20.2. The van der Waals surface area contributed by atoms with Crippen molar-refractivity contribution in [3.8, 4) is 0 Å². The number of aromatic amines is 1. The standard InChI is InChI=1S/C19H25N7O14P2S/c20-15-10-16(22-5-21-15)26(6-23-10)18-14(31)11(28)7(39-18)3-36-41(33,34)40-42(35,43)37-4-8-12(29)13(30)17(38-8)25-2-1-9(27)24-19(25)32/h1-2,5-8,11-14,17-18,28-31H,3-4H2,(H,33,34)(H,35,43)(H2,20,21,22)(H,24,27,32)/t7-,8-,11-,12-,13-,14-,17-,18-,42?/m1/s1. The zero-order valence-electron chi connectivity index (χ0n) is 21.4. The molecular formula is C19H25N7O14P2S. The van der Waals surface area contributed by atoms with E-state index in [4.69, 9.17) is 36.1 Å². The van der Waals surface area contributed by atoms with Gasteiger partial charge in [0.15, 0.2) is 23.9 Å². The SMILES string of the molecule is Nc1ncnc2c1ncn2[C@@H]1O[C@H](COP(=O)(O)OP(O)(=S)OC[C@H]2O[C@@H](n3ccc(=O)[nH]c3=O)[C@H](O)[C@@H]2O)[C@@H](O)[C@H]1O. The summed E-state index contributed by atoms with van der Waals surface area (Å²) in [6.45, 7) is -6.18. The van der Waals surface area contributed by atoms with Gasteiger partial charge < -0.3 is 49.9 Å². The number of hydrogen-bond donors (Lipinski definition) is 8. The van der Waals surface area contributed by atoms with E-state index in [9.17, 15) is 44.4 Å². The van der Waals surface area contributed by atoms with Crippen molar-refractivity contribution in [2.24, 2.45) is 0 Å². The Balaban J connectivity index is 1.16. The van der Waals surface area contributed by atoms with Crippen LogP contribution in [0.3, 0.4) is 0 Å². The van der Waals surface area contributed by atoms with E-state index in [1.165, 1.54) is 10.9 Å². The number of aliphatic hydroxyl groups is 4. The molecule has 2 unspecified atom stereocenters.